The van der Waals surface area contributed by atoms with Crippen molar-refractivity contribution in [1.82, 2.24) is 0 Å². The predicted molar refractivity (Wildman–Crippen MR) is 58.2 cm³/mol. The fourth-order valence-electron chi connectivity index (χ4n) is 1.26. The van der Waals surface area contributed by atoms with Gasteiger partial charge in [0.2, 0.25) is 0 Å². The third kappa shape index (κ3) is 3.13. The van der Waals surface area contributed by atoms with E-state index in [-0.39, 0.29) is 13.2 Å². The van der Waals surface area contributed by atoms with Crippen molar-refractivity contribution in [3.63, 3.8) is 0 Å². The van der Waals surface area contributed by atoms with E-state index < -0.39 is 5.91 Å². The van der Waals surface area contributed by atoms with Crippen LogP contribution in [0.1, 0.15) is 12.5 Å². The lowest BCUT2D eigenvalue weighted by Crippen LogP contribution is -2.20. The zero-order valence-electron chi connectivity index (χ0n) is 9.10. The van der Waals surface area contributed by atoms with Gasteiger partial charge in [-0.05, 0) is 13.0 Å². The second-order valence-corrected chi connectivity index (χ2v) is 3.09. The average molecular weight is 225 g/mol. The van der Waals surface area contributed by atoms with Gasteiger partial charge in [0.05, 0.1) is 13.2 Å². The van der Waals surface area contributed by atoms with Crippen LogP contribution in [0.2, 0.25) is 0 Å². The molecule has 1 amide bonds. The fourth-order valence-corrected chi connectivity index (χ4v) is 1.26. The average Bonchev–Trinajstić information content (AvgIpc) is 2.27. The molecule has 1 rings (SSSR count). The van der Waals surface area contributed by atoms with Gasteiger partial charge in [0.1, 0.15) is 0 Å². The molecule has 0 saturated heterocycles. The number of carbonyl (C=O) groups is 1. The zero-order valence-corrected chi connectivity index (χ0v) is 9.10. The van der Waals surface area contributed by atoms with Gasteiger partial charge in [-0.2, -0.15) is 0 Å². The van der Waals surface area contributed by atoms with Crippen molar-refractivity contribution >= 4 is 5.91 Å². The summed E-state index contributed by atoms with van der Waals surface area (Å²) < 4.78 is 10.5. The summed E-state index contributed by atoms with van der Waals surface area (Å²) in [6.45, 7) is 1.89. The van der Waals surface area contributed by atoms with Gasteiger partial charge in [-0.3, -0.25) is 4.79 Å². The minimum absolute atomic E-state index is 0.186. The Morgan fingerprint density at radius 3 is 2.75 bits per heavy atom. The van der Waals surface area contributed by atoms with Crippen LogP contribution in [0.5, 0.6) is 11.5 Å². The summed E-state index contributed by atoms with van der Waals surface area (Å²) in [5.74, 6) is 0.288. The van der Waals surface area contributed by atoms with E-state index in [2.05, 4.69) is 0 Å². The summed E-state index contributed by atoms with van der Waals surface area (Å²) in [5, 5.41) is 9.12. The molecule has 0 aliphatic carbocycles. The van der Waals surface area contributed by atoms with Crippen molar-refractivity contribution in [2.24, 2.45) is 5.73 Å². The quantitative estimate of drug-likeness (QED) is 0.736. The highest BCUT2D eigenvalue weighted by Crippen LogP contribution is 2.31. The lowest BCUT2D eigenvalue weighted by molar-refractivity contribution is -0.120. The van der Waals surface area contributed by atoms with Crippen molar-refractivity contribution in [3.05, 3.63) is 23.8 Å². The minimum atomic E-state index is -0.574. The summed E-state index contributed by atoms with van der Waals surface area (Å²) in [6.07, 6.45) is 0. The first kappa shape index (κ1) is 12.3. The number of rotatable bonds is 6. The fraction of sp³-hybridized carbons (Fsp3) is 0.364. The maximum absolute atomic E-state index is 10.6. The molecule has 5 nitrogen and oxygen atoms in total. The first-order chi connectivity index (χ1) is 7.69. The second-order valence-electron chi connectivity index (χ2n) is 3.09. The molecule has 88 valence electrons. The van der Waals surface area contributed by atoms with Crippen LogP contribution in [0.3, 0.4) is 0 Å². The molecule has 0 spiro atoms. The van der Waals surface area contributed by atoms with Gasteiger partial charge in [0.25, 0.3) is 5.91 Å². The van der Waals surface area contributed by atoms with Crippen molar-refractivity contribution in [2.75, 3.05) is 13.2 Å². The van der Waals surface area contributed by atoms with E-state index in [1.165, 1.54) is 0 Å². The highest BCUT2D eigenvalue weighted by atomic mass is 16.5. The number of hydrogen-bond acceptors (Lipinski definition) is 4. The molecule has 0 aliphatic heterocycles. The SMILES string of the molecule is CCOc1cccc(CO)c1OCC(N)=O. The maximum Gasteiger partial charge on any atom is 0.255 e. The van der Waals surface area contributed by atoms with Crippen molar-refractivity contribution in [3.8, 4) is 11.5 Å². The number of carbonyl (C=O) groups excluding carboxylic acids is 1. The molecular weight excluding hydrogens is 210 g/mol. The molecule has 0 fully saturated rings. The van der Waals surface area contributed by atoms with Crippen LogP contribution in [0.25, 0.3) is 0 Å². The molecule has 3 N–H and O–H groups in total. The molecule has 1 aromatic rings. The molecular formula is C11H15NO4. The summed E-state index contributed by atoms with van der Waals surface area (Å²) in [4.78, 5) is 10.6. The van der Waals surface area contributed by atoms with Gasteiger partial charge in [-0.25, -0.2) is 0 Å². The van der Waals surface area contributed by atoms with Crippen LogP contribution >= 0.6 is 0 Å². The van der Waals surface area contributed by atoms with Gasteiger partial charge >= 0.3 is 0 Å². The summed E-state index contributed by atoms with van der Waals surface area (Å²) in [6, 6.07) is 5.14. The molecule has 0 heterocycles. The lowest BCUT2D eigenvalue weighted by atomic mass is 10.2. The van der Waals surface area contributed by atoms with E-state index >= 15 is 0 Å². The standard InChI is InChI=1S/C11H15NO4/c1-2-15-9-5-3-4-8(6-13)11(9)16-7-10(12)14/h3-5,13H,2,6-7H2,1H3,(H2,12,14). The van der Waals surface area contributed by atoms with Gasteiger partial charge in [-0.1, -0.05) is 12.1 Å². The number of aliphatic hydroxyl groups excluding tert-OH is 1. The van der Waals surface area contributed by atoms with Crippen molar-refractivity contribution in [1.29, 1.82) is 0 Å². The topological polar surface area (TPSA) is 81.8 Å². The van der Waals surface area contributed by atoms with Gasteiger partial charge in [-0.15, -0.1) is 0 Å². The van der Waals surface area contributed by atoms with E-state index in [9.17, 15) is 4.79 Å². The van der Waals surface area contributed by atoms with Crippen LogP contribution in [0.15, 0.2) is 18.2 Å². The summed E-state index contributed by atoms with van der Waals surface area (Å²) in [5.41, 5.74) is 5.55. The van der Waals surface area contributed by atoms with E-state index in [0.29, 0.717) is 23.7 Å². The van der Waals surface area contributed by atoms with E-state index in [1.54, 1.807) is 18.2 Å². The molecule has 16 heavy (non-hydrogen) atoms. The second kappa shape index (κ2) is 5.97. The minimum Gasteiger partial charge on any atom is -0.490 e. The van der Waals surface area contributed by atoms with Crippen molar-refractivity contribution < 1.29 is 19.4 Å². The summed E-state index contributed by atoms with van der Waals surface area (Å²) in [7, 11) is 0. The van der Waals surface area contributed by atoms with E-state index in [0.717, 1.165) is 0 Å². The highest BCUT2D eigenvalue weighted by Gasteiger charge is 2.11. The Morgan fingerprint density at radius 2 is 2.19 bits per heavy atom. The molecule has 0 aliphatic rings. The number of amides is 1. The molecule has 0 saturated carbocycles. The first-order valence-corrected chi connectivity index (χ1v) is 4.95. The number of benzene rings is 1. The first-order valence-electron chi connectivity index (χ1n) is 4.95. The van der Waals surface area contributed by atoms with Crippen LogP contribution in [0.4, 0.5) is 0 Å². The smallest absolute Gasteiger partial charge is 0.255 e. The van der Waals surface area contributed by atoms with Crippen LogP contribution < -0.4 is 15.2 Å². The number of nitrogens with two attached hydrogens (primary N) is 1. The van der Waals surface area contributed by atoms with E-state index in [4.69, 9.17) is 20.3 Å². The molecule has 0 unspecified atom stereocenters. The van der Waals surface area contributed by atoms with Gasteiger partial charge < -0.3 is 20.3 Å². The number of para-hydroxylation sites is 1. The largest absolute Gasteiger partial charge is 0.490 e. The number of aliphatic hydroxyl groups is 1. The Labute approximate surface area is 93.8 Å². The normalized spacial score (nSPS) is 9.88. The number of primary amides is 1. The molecule has 0 atom stereocenters. The van der Waals surface area contributed by atoms with E-state index in [1.807, 2.05) is 6.92 Å². The maximum atomic E-state index is 10.6. The Bertz CT molecular complexity index is 365. The Hall–Kier alpha value is -1.75. The monoisotopic (exact) mass is 225 g/mol. The Morgan fingerprint density at radius 1 is 1.44 bits per heavy atom. The predicted octanol–water partition coefficient (Wildman–Crippen LogP) is 0.442. The van der Waals surface area contributed by atoms with Crippen LogP contribution in [-0.2, 0) is 11.4 Å². The number of ether oxygens (including phenoxy) is 2. The Balaban J connectivity index is 2.94. The summed E-state index contributed by atoms with van der Waals surface area (Å²) >= 11 is 0. The van der Waals surface area contributed by atoms with Gasteiger partial charge in [0, 0.05) is 5.56 Å². The van der Waals surface area contributed by atoms with Gasteiger partial charge in [0.15, 0.2) is 18.1 Å². The molecule has 0 radical (unpaired) electrons. The third-order valence-corrected chi connectivity index (χ3v) is 1.89. The zero-order chi connectivity index (χ0) is 12.0. The molecule has 0 aromatic heterocycles. The van der Waals surface area contributed by atoms with Crippen LogP contribution in [-0.4, -0.2) is 24.2 Å². The lowest BCUT2D eigenvalue weighted by Gasteiger charge is -2.13. The van der Waals surface area contributed by atoms with Crippen molar-refractivity contribution in [2.45, 2.75) is 13.5 Å². The Kier molecular flexibility index (Phi) is 4.60. The van der Waals surface area contributed by atoms with Crippen LogP contribution in [0, 0.1) is 0 Å². The molecule has 0 bridgehead atoms. The molecule has 1 aromatic carbocycles. The highest BCUT2D eigenvalue weighted by molar-refractivity contribution is 5.75. The molecule has 5 heteroatoms. The third-order valence-electron chi connectivity index (χ3n) is 1.89. The number of hydrogen-bond donors (Lipinski definition) is 2.